The molecule has 1 N–H and O–H groups in total. The van der Waals surface area contributed by atoms with Gasteiger partial charge in [-0.1, -0.05) is 31.2 Å². The summed E-state index contributed by atoms with van der Waals surface area (Å²) in [6, 6.07) is 8.84. The van der Waals surface area contributed by atoms with E-state index in [-0.39, 0.29) is 17.9 Å². The number of rotatable bonds is 5. The van der Waals surface area contributed by atoms with E-state index in [1.54, 1.807) is 0 Å². The molecule has 3 aliphatic heterocycles. The summed E-state index contributed by atoms with van der Waals surface area (Å²) in [5.41, 5.74) is 2.49. The number of hydrogen-bond acceptors (Lipinski definition) is 3. The topological polar surface area (TPSA) is 55.9 Å². The van der Waals surface area contributed by atoms with Gasteiger partial charge in [-0.05, 0) is 62.1 Å². The molecule has 3 heterocycles. The second-order valence-corrected chi connectivity index (χ2v) is 9.75. The summed E-state index contributed by atoms with van der Waals surface area (Å²) in [4.78, 5) is 31.6. The molecular formula is C25H38N4O2. The Morgan fingerprint density at radius 2 is 1.52 bits per heavy atom. The van der Waals surface area contributed by atoms with Gasteiger partial charge in [0.25, 0.3) is 0 Å². The van der Waals surface area contributed by atoms with Gasteiger partial charge in [0.2, 0.25) is 5.91 Å². The lowest BCUT2D eigenvalue weighted by atomic mass is 9.96. The summed E-state index contributed by atoms with van der Waals surface area (Å²) in [5, 5.41) is 3.11. The van der Waals surface area contributed by atoms with Crippen molar-refractivity contribution in [3.63, 3.8) is 0 Å². The third kappa shape index (κ3) is 6.00. The highest BCUT2D eigenvalue weighted by molar-refractivity contribution is 5.79. The number of nitrogens with one attached hydrogen (secondary N) is 1. The number of benzene rings is 1. The summed E-state index contributed by atoms with van der Waals surface area (Å²) < 4.78 is 0. The first-order valence-corrected chi connectivity index (χ1v) is 12.2. The van der Waals surface area contributed by atoms with E-state index in [2.05, 4.69) is 41.4 Å². The maximum absolute atomic E-state index is 12.6. The minimum absolute atomic E-state index is 0.0167. The van der Waals surface area contributed by atoms with E-state index in [1.165, 1.54) is 31.5 Å². The van der Waals surface area contributed by atoms with Gasteiger partial charge in [-0.25, -0.2) is 4.79 Å². The quantitative estimate of drug-likeness (QED) is 0.784. The molecule has 0 aromatic heterocycles. The molecule has 0 bridgehead atoms. The fourth-order valence-electron chi connectivity index (χ4n) is 5.23. The first-order valence-electron chi connectivity index (χ1n) is 12.2. The minimum atomic E-state index is 0.0167. The minimum Gasteiger partial charge on any atom is -0.352 e. The van der Waals surface area contributed by atoms with Gasteiger partial charge in [0.05, 0.1) is 0 Å². The zero-order valence-corrected chi connectivity index (χ0v) is 19.0. The van der Waals surface area contributed by atoms with E-state index in [9.17, 15) is 9.59 Å². The Bertz CT molecular complexity index is 736. The van der Waals surface area contributed by atoms with Crippen molar-refractivity contribution in [3.05, 3.63) is 35.4 Å². The Morgan fingerprint density at radius 3 is 2.19 bits per heavy atom. The molecule has 31 heavy (non-hydrogen) atoms. The van der Waals surface area contributed by atoms with Crippen LogP contribution in [0.1, 0.15) is 56.6 Å². The van der Waals surface area contributed by atoms with Gasteiger partial charge in [-0.3, -0.25) is 9.69 Å². The van der Waals surface area contributed by atoms with E-state index < -0.39 is 0 Å². The molecule has 4 rings (SSSR count). The van der Waals surface area contributed by atoms with Crippen molar-refractivity contribution in [2.45, 2.75) is 58.5 Å². The predicted octanol–water partition coefficient (Wildman–Crippen LogP) is 3.46. The van der Waals surface area contributed by atoms with Gasteiger partial charge in [0.15, 0.2) is 0 Å². The van der Waals surface area contributed by atoms with E-state index in [0.29, 0.717) is 19.6 Å². The number of nitrogens with zero attached hydrogens (tertiary/aromatic N) is 3. The van der Waals surface area contributed by atoms with Crippen molar-refractivity contribution in [3.8, 4) is 0 Å². The standard InChI is InChI=1S/C25H38N4O2/c1-20-5-4-12-27(18-20)19-22-8-6-21(7-9-22)17-26-24(30)23-10-15-29(16-11-23)25(31)28-13-2-3-14-28/h6-9,20,23H,2-5,10-19H2,1H3,(H,26,30). The molecule has 1 aromatic rings. The summed E-state index contributed by atoms with van der Waals surface area (Å²) in [6.07, 6.45) is 6.41. The van der Waals surface area contributed by atoms with Crippen molar-refractivity contribution < 1.29 is 9.59 Å². The Hall–Kier alpha value is -2.08. The molecule has 170 valence electrons. The lowest BCUT2D eigenvalue weighted by Gasteiger charge is -2.34. The van der Waals surface area contributed by atoms with Crippen molar-refractivity contribution >= 4 is 11.9 Å². The number of piperidine rings is 2. The van der Waals surface area contributed by atoms with Crippen LogP contribution in [0, 0.1) is 11.8 Å². The average molecular weight is 427 g/mol. The maximum Gasteiger partial charge on any atom is 0.319 e. The highest BCUT2D eigenvalue weighted by Crippen LogP contribution is 2.21. The summed E-state index contributed by atoms with van der Waals surface area (Å²) in [7, 11) is 0. The molecule has 1 aromatic carbocycles. The Labute approximate surface area is 187 Å². The van der Waals surface area contributed by atoms with E-state index in [4.69, 9.17) is 0 Å². The molecular weight excluding hydrogens is 388 g/mol. The zero-order valence-electron chi connectivity index (χ0n) is 19.0. The van der Waals surface area contributed by atoms with Crippen LogP contribution in [0.3, 0.4) is 0 Å². The SMILES string of the molecule is CC1CCCN(Cc2ccc(CNC(=O)C3CCN(C(=O)N4CCCC4)CC3)cc2)C1. The molecule has 3 fully saturated rings. The smallest absolute Gasteiger partial charge is 0.319 e. The van der Waals surface area contributed by atoms with Crippen LogP contribution in [0.15, 0.2) is 24.3 Å². The monoisotopic (exact) mass is 426 g/mol. The Morgan fingerprint density at radius 1 is 0.871 bits per heavy atom. The van der Waals surface area contributed by atoms with Crippen LogP contribution < -0.4 is 5.32 Å². The van der Waals surface area contributed by atoms with Crippen molar-refractivity contribution in [1.29, 1.82) is 0 Å². The number of amides is 3. The second-order valence-electron chi connectivity index (χ2n) is 9.75. The van der Waals surface area contributed by atoms with Crippen LogP contribution in [-0.4, -0.2) is 65.9 Å². The van der Waals surface area contributed by atoms with E-state index >= 15 is 0 Å². The largest absolute Gasteiger partial charge is 0.352 e. The lowest BCUT2D eigenvalue weighted by molar-refractivity contribution is -0.126. The predicted molar refractivity (Wildman–Crippen MR) is 122 cm³/mol. The molecule has 1 atom stereocenters. The fourth-order valence-corrected chi connectivity index (χ4v) is 5.23. The molecule has 6 heteroatoms. The van der Waals surface area contributed by atoms with Crippen LogP contribution in [0.5, 0.6) is 0 Å². The average Bonchev–Trinajstić information content (AvgIpc) is 3.33. The van der Waals surface area contributed by atoms with E-state index in [1.807, 2.05) is 9.80 Å². The first kappa shape index (κ1) is 22.1. The Balaban J connectivity index is 1.18. The van der Waals surface area contributed by atoms with Crippen LogP contribution in [0.25, 0.3) is 0 Å². The molecule has 6 nitrogen and oxygen atoms in total. The summed E-state index contributed by atoms with van der Waals surface area (Å²) >= 11 is 0. The van der Waals surface area contributed by atoms with Gasteiger partial charge < -0.3 is 15.1 Å². The second kappa shape index (κ2) is 10.5. The number of carbonyl (C=O) groups excluding carboxylic acids is 2. The van der Waals surface area contributed by atoms with Gasteiger partial charge in [0, 0.05) is 51.7 Å². The molecule has 3 aliphatic rings. The van der Waals surface area contributed by atoms with Crippen LogP contribution in [-0.2, 0) is 17.9 Å². The van der Waals surface area contributed by atoms with Crippen LogP contribution >= 0.6 is 0 Å². The van der Waals surface area contributed by atoms with Crippen LogP contribution in [0.4, 0.5) is 4.79 Å². The summed E-state index contributed by atoms with van der Waals surface area (Å²) in [5.74, 6) is 0.941. The number of carbonyl (C=O) groups is 2. The van der Waals surface area contributed by atoms with Gasteiger partial charge in [-0.2, -0.15) is 0 Å². The van der Waals surface area contributed by atoms with Crippen molar-refractivity contribution in [2.24, 2.45) is 11.8 Å². The van der Waals surface area contributed by atoms with E-state index in [0.717, 1.165) is 56.8 Å². The van der Waals surface area contributed by atoms with Crippen molar-refractivity contribution in [1.82, 2.24) is 20.0 Å². The molecule has 0 radical (unpaired) electrons. The van der Waals surface area contributed by atoms with Gasteiger partial charge in [0.1, 0.15) is 0 Å². The van der Waals surface area contributed by atoms with Gasteiger partial charge in [-0.15, -0.1) is 0 Å². The van der Waals surface area contributed by atoms with Gasteiger partial charge >= 0.3 is 6.03 Å². The molecule has 0 aliphatic carbocycles. The molecule has 0 spiro atoms. The third-order valence-corrected chi connectivity index (χ3v) is 7.15. The highest BCUT2D eigenvalue weighted by Gasteiger charge is 2.30. The zero-order chi connectivity index (χ0) is 21.6. The highest BCUT2D eigenvalue weighted by atomic mass is 16.2. The normalized spacial score (nSPS) is 23.2. The first-order chi connectivity index (χ1) is 15.1. The molecule has 3 amide bonds. The lowest BCUT2D eigenvalue weighted by Crippen LogP contribution is -2.47. The maximum atomic E-state index is 12.6. The molecule has 1 unspecified atom stereocenters. The third-order valence-electron chi connectivity index (χ3n) is 7.15. The number of urea groups is 1. The van der Waals surface area contributed by atoms with Crippen LogP contribution in [0.2, 0.25) is 0 Å². The molecule has 3 saturated heterocycles. The number of likely N-dealkylation sites (tertiary alicyclic amines) is 3. The fraction of sp³-hybridized carbons (Fsp3) is 0.680. The number of hydrogen-bond donors (Lipinski definition) is 1. The summed E-state index contributed by atoms with van der Waals surface area (Å²) in [6.45, 7) is 9.48. The van der Waals surface area contributed by atoms with Crippen molar-refractivity contribution in [2.75, 3.05) is 39.3 Å². The molecule has 0 saturated carbocycles. The Kier molecular flexibility index (Phi) is 7.49.